The Morgan fingerprint density at radius 2 is 2.00 bits per heavy atom. The molecule has 0 bridgehead atoms. The van der Waals surface area contributed by atoms with E-state index in [2.05, 4.69) is 0 Å². The molecule has 3 atom stereocenters. The van der Waals surface area contributed by atoms with Crippen LogP contribution in [-0.4, -0.2) is 55.6 Å². The quantitative estimate of drug-likeness (QED) is 0.488. The number of hydrogen-bond donors (Lipinski definition) is 2. The normalized spacial score (nSPS) is 18.3. The summed E-state index contributed by atoms with van der Waals surface area (Å²) in [5, 5.41) is 17.8. The van der Waals surface area contributed by atoms with Crippen LogP contribution in [0.3, 0.4) is 0 Å². The lowest BCUT2D eigenvalue weighted by atomic mass is 10.1. The van der Waals surface area contributed by atoms with Crippen LogP contribution in [0.15, 0.2) is 0 Å². The highest BCUT2D eigenvalue weighted by Gasteiger charge is 2.27. The molecule has 0 aliphatic carbocycles. The van der Waals surface area contributed by atoms with Gasteiger partial charge in [-0.05, 0) is 0 Å². The number of ether oxygens (including phenoxy) is 2. The van der Waals surface area contributed by atoms with Crippen LogP contribution in [-0.2, 0) is 14.3 Å². The van der Waals surface area contributed by atoms with Crippen LogP contribution >= 0.6 is 0 Å². The lowest BCUT2D eigenvalue weighted by molar-refractivity contribution is -0.135. The SMILES string of the molecule is CO[C@@H]([C@H](CO)OC)[C@@H](O)C=O. The monoisotopic (exact) mass is 178 g/mol. The third-order valence-electron chi connectivity index (χ3n) is 1.60. The van der Waals surface area contributed by atoms with Gasteiger partial charge in [0.2, 0.25) is 0 Å². The summed E-state index contributed by atoms with van der Waals surface area (Å²) in [6, 6.07) is 0. The van der Waals surface area contributed by atoms with Crippen molar-refractivity contribution in [3.05, 3.63) is 0 Å². The second-order valence-electron chi connectivity index (χ2n) is 2.28. The molecule has 0 spiro atoms. The van der Waals surface area contributed by atoms with Crippen molar-refractivity contribution in [2.24, 2.45) is 0 Å². The first-order valence-corrected chi connectivity index (χ1v) is 3.51. The highest BCUT2D eigenvalue weighted by molar-refractivity contribution is 5.56. The van der Waals surface area contributed by atoms with Gasteiger partial charge in [-0.15, -0.1) is 0 Å². The topological polar surface area (TPSA) is 76.0 Å². The molecular weight excluding hydrogens is 164 g/mol. The summed E-state index contributed by atoms with van der Waals surface area (Å²) in [5.74, 6) is 0. The number of hydrogen-bond acceptors (Lipinski definition) is 5. The number of methoxy groups -OCH3 is 2. The van der Waals surface area contributed by atoms with Gasteiger partial charge >= 0.3 is 0 Å². The summed E-state index contributed by atoms with van der Waals surface area (Å²) in [5.41, 5.74) is 0. The van der Waals surface area contributed by atoms with Gasteiger partial charge in [0.25, 0.3) is 0 Å². The number of aldehydes is 1. The molecule has 72 valence electrons. The van der Waals surface area contributed by atoms with Crippen molar-refractivity contribution < 1.29 is 24.5 Å². The van der Waals surface area contributed by atoms with Gasteiger partial charge in [-0.3, -0.25) is 0 Å². The van der Waals surface area contributed by atoms with Crippen molar-refractivity contribution >= 4 is 6.29 Å². The van der Waals surface area contributed by atoms with Crippen LogP contribution in [0.2, 0.25) is 0 Å². The maximum Gasteiger partial charge on any atom is 0.151 e. The van der Waals surface area contributed by atoms with Gasteiger partial charge in [0.15, 0.2) is 6.29 Å². The minimum atomic E-state index is -1.27. The average Bonchev–Trinajstić information content (AvgIpc) is 2.12. The molecule has 2 N–H and O–H groups in total. The Morgan fingerprint density at radius 3 is 2.25 bits per heavy atom. The number of carbonyl (C=O) groups is 1. The summed E-state index contributed by atoms with van der Waals surface area (Å²) in [4.78, 5) is 10.2. The second-order valence-corrected chi connectivity index (χ2v) is 2.28. The summed E-state index contributed by atoms with van der Waals surface area (Å²) < 4.78 is 9.56. The van der Waals surface area contributed by atoms with Gasteiger partial charge in [-0.25, -0.2) is 0 Å². The molecule has 5 heteroatoms. The summed E-state index contributed by atoms with van der Waals surface area (Å²) in [6.07, 6.45) is -2.43. The molecule has 0 aromatic rings. The number of aliphatic hydroxyl groups is 2. The van der Waals surface area contributed by atoms with E-state index in [0.29, 0.717) is 6.29 Å². The Morgan fingerprint density at radius 1 is 1.42 bits per heavy atom. The fraction of sp³-hybridized carbons (Fsp3) is 0.857. The highest BCUT2D eigenvalue weighted by Crippen LogP contribution is 2.05. The first-order chi connectivity index (χ1) is 5.71. The molecule has 0 aromatic heterocycles. The van der Waals surface area contributed by atoms with Gasteiger partial charge in [0.1, 0.15) is 18.3 Å². The van der Waals surface area contributed by atoms with E-state index in [0.717, 1.165) is 0 Å². The van der Waals surface area contributed by atoms with Crippen LogP contribution in [0.4, 0.5) is 0 Å². The predicted octanol–water partition coefficient (Wildman–Crippen LogP) is -1.43. The molecule has 0 radical (unpaired) electrons. The van der Waals surface area contributed by atoms with Gasteiger partial charge in [0.05, 0.1) is 6.61 Å². The Labute approximate surface area is 70.9 Å². The van der Waals surface area contributed by atoms with Gasteiger partial charge in [-0.1, -0.05) is 0 Å². The van der Waals surface area contributed by atoms with Gasteiger partial charge in [0, 0.05) is 14.2 Å². The first-order valence-electron chi connectivity index (χ1n) is 3.51. The Hall–Kier alpha value is -0.490. The van der Waals surface area contributed by atoms with E-state index in [1.165, 1.54) is 14.2 Å². The fourth-order valence-electron chi connectivity index (χ4n) is 0.901. The third-order valence-corrected chi connectivity index (χ3v) is 1.60. The molecule has 0 heterocycles. The minimum absolute atomic E-state index is 0.306. The lowest BCUT2D eigenvalue weighted by Crippen LogP contribution is -2.43. The van der Waals surface area contributed by atoms with E-state index in [4.69, 9.17) is 19.7 Å². The Kier molecular flexibility index (Phi) is 5.83. The second kappa shape index (κ2) is 6.07. The molecule has 12 heavy (non-hydrogen) atoms. The Balaban J connectivity index is 4.18. The van der Waals surface area contributed by atoms with Crippen molar-refractivity contribution in [3.63, 3.8) is 0 Å². The lowest BCUT2D eigenvalue weighted by Gasteiger charge is -2.24. The third kappa shape index (κ3) is 2.86. The summed E-state index contributed by atoms with van der Waals surface area (Å²) >= 11 is 0. The molecular formula is C7H14O5. The van der Waals surface area contributed by atoms with E-state index in [1.54, 1.807) is 0 Å². The van der Waals surface area contributed by atoms with Crippen molar-refractivity contribution in [3.8, 4) is 0 Å². The maximum atomic E-state index is 10.2. The average molecular weight is 178 g/mol. The number of carbonyl (C=O) groups excluding carboxylic acids is 1. The van der Waals surface area contributed by atoms with E-state index >= 15 is 0 Å². The van der Waals surface area contributed by atoms with Gasteiger partial charge < -0.3 is 24.5 Å². The highest BCUT2D eigenvalue weighted by atomic mass is 16.5. The molecule has 0 aromatic carbocycles. The molecule has 0 amide bonds. The Bertz CT molecular complexity index is 123. The van der Waals surface area contributed by atoms with Crippen LogP contribution < -0.4 is 0 Å². The summed E-state index contributed by atoms with van der Waals surface area (Å²) in [6.45, 7) is -0.306. The number of aliphatic hydroxyl groups excluding tert-OH is 2. The van der Waals surface area contributed by atoms with Gasteiger partial charge in [-0.2, -0.15) is 0 Å². The van der Waals surface area contributed by atoms with E-state index < -0.39 is 18.3 Å². The molecule has 0 fully saturated rings. The molecule has 0 saturated heterocycles. The molecule has 0 saturated carbocycles. The van der Waals surface area contributed by atoms with Crippen molar-refractivity contribution in [2.75, 3.05) is 20.8 Å². The minimum Gasteiger partial charge on any atom is -0.394 e. The molecule has 0 unspecified atom stereocenters. The first kappa shape index (κ1) is 11.5. The molecule has 0 rings (SSSR count). The maximum absolute atomic E-state index is 10.2. The van der Waals surface area contributed by atoms with Crippen LogP contribution in [0.1, 0.15) is 0 Å². The van der Waals surface area contributed by atoms with Crippen LogP contribution in [0.25, 0.3) is 0 Å². The van der Waals surface area contributed by atoms with Crippen molar-refractivity contribution in [1.29, 1.82) is 0 Å². The van der Waals surface area contributed by atoms with Crippen LogP contribution in [0, 0.1) is 0 Å². The summed E-state index contributed by atoms with van der Waals surface area (Å²) in [7, 11) is 2.70. The fourth-order valence-corrected chi connectivity index (χ4v) is 0.901. The standard InChI is InChI=1S/C7H14O5/c1-11-6(4-9)7(12-2)5(10)3-8/h3,5-7,9-10H,4H2,1-2H3/t5-,6-,7+/m0/s1. The molecule has 5 nitrogen and oxygen atoms in total. The van der Waals surface area contributed by atoms with Crippen molar-refractivity contribution in [1.82, 2.24) is 0 Å². The van der Waals surface area contributed by atoms with Crippen LogP contribution in [0.5, 0.6) is 0 Å². The smallest absolute Gasteiger partial charge is 0.151 e. The predicted molar refractivity (Wildman–Crippen MR) is 40.8 cm³/mol. The molecule has 0 aliphatic heterocycles. The van der Waals surface area contributed by atoms with E-state index in [1.807, 2.05) is 0 Å². The largest absolute Gasteiger partial charge is 0.394 e. The molecule has 0 aliphatic rings. The van der Waals surface area contributed by atoms with E-state index in [9.17, 15) is 4.79 Å². The van der Waals surface area contributed by atoms with Crippen molar-refractivity contribution in [2.45, 2.75) is 18.3 Å². The zero-order valence-corrected chi connectivity index (χ0v) is 7.14. The van der Waals surface area contributed by atoms with E-state index in [-0.39, 0.29) is 6.61 Å². The zero-order valence-electron chi connectivity index (χ0n) is 7.14. The number of rotatable bonds is 6. The zero-order chi connectivity index (χ0) is 9.56.